The van der Waals surface area contributed by atoms with Crippen LogP contribution in [0.2, 0.25) is 0 Å². The summed E-state index contributed by atoms with van der Waals surface area (Å²) in [6, 6.07) is 6.13. The number of carbonyl (C=O) groups excluding carboxylic acids is 1. The molecule has 0 saturated carbocycles. The lowest BCUT2D eigenvalue weighted by molar-refractivity contribution is -0.113. The van der Waals surface area contributed by atoms with Gasteiger partial charge < -0.3 is 25.8 Å². The lowest BCUT2D eigenvalue weighted by Crippen LogP contribution is -2.46. The number of piperidine rings is 1. The number of aromatic nitrogens is 1. The predicted molar refractivity (Wildman–Crippen MR) is 134 cm³/mol. The highest BCUT2D eigenvalue weighted by molar-refractivity contribution is 6.06. The number of likely N-dealkylation sites (tertiary alicyclic amines) is 1. The van der Waals surface area contributed by atoms with E-state index >= 15 is 0 Å². The fourth-order valence-electron chi connectivity index (χ4n) is 4.79. The molecular weight excluding hydrogens is 412 g/mol. The van der Waals surface area contributed by atoms with Crippen LogP contribution in [0, 0.1) is 0 Å². The van der Waals surface area contributed by atoms with Crippen LogP contribution in [-0.4, -0.2) is 55.2 Å². The lowest BCUT2D eigenvalue weighted by Gasteiger charge is -2.28. The summed E-state index contributed by atoms with van der Waals surface area (Å²) in [6.07, 6.45) is 16.0. The molecule has 7 nitrogen and oxygen atoms in total. The van der Waals surface area contributed by atoms with E-state index in [2.05, 4.69) is 62.6 Å². The SMILES string of the molecule is CN1CCC(c2c[nH]c3ccc(NC(=O)C4=CC=CNC4NCC4=CCNC=C4)cc23)CC1. The van der Waals surface area contributed by atoms with E-state index in [1.54, 1.807) is 0 Å². The molecule has 1 unspecified atom stereocenters. The summed E-state index contributed by atoms with van der Waals surface area (Å²) in [5.74, 6) is 0.457. The molecule has 0 radical (unpaired) electrons. The molecule has 0 aliphatic carbocycles. The summed E-state index contributed by atoms with van der Waals surface area (Å²) in [4.78, 5) is 19.0. The minimum absolute atomic E-state index is 0.102. The van der Waals surface area contributed by atoms with Crippen LogP contribution in [0.1, 0.15) is 24.3 Å². The van der Waals surface area contributed by atoms with Crippen LogP contribution in [0.25, 0.3) is 10.9 Å². The van der Waals surface area contributed by atoms with Crippen LogP contribution < -0.4 is 21.3 Å². The van der Waals surface area contributed by atoms with Gasteiger partial charge in [0.25, 0.3) is 5.91 Å². The zero-order valence-corrected chi connectivity index (χ0v) is 19.0. The van der Waals surface area contributed by atoms with Gasteiger partial charge in [0.1, 0.15) is 6.17 Å². The number of carbonyl (C=O) groups is 1. The third kappa shape index (κ3) is 4.89. The van der Waals surface area contributed by atoms with Gasteiger partial charge in [0, 0.05) is 35.9 Å². The highest BCUT2D eigenvalue weighted by atomic mass is 16.1. The van der Waals surface area contributed by atoms with Gasteiger partial charge in [-0.05, 0) is 98.9 Å². The zero-order chi connectivity index (χ0) is 22.6. The molecule has 7 heteroatoms. The number of hydrogen-bond acceptors (Lipinski definition) is 5. The van der Waals surface area contributed by atoms with E-state index in [0.29, 0.717) is 18.0 Å². The molecule has 3 aliphatic heterocycles. The van der Waals surface area contributed by atoms with E-state index in [0.717, 1.165) is 30.8 Å². The van der Waals surface area contributed by atoms with Crippen molar-refractivity contribution in [3.05, 3.63) is 77.8 Å². The number of benzene rings is 1. The molecule has 33 heavy (non-hydrogen) atoms. The van der Waals surface area contributed by atoms with Crippen molar-refractivity contribution in [1.82, 2.24) is 25.8 Å². The van der Waals surface area contributed by atoms with Gasteiger partial charge >= 0.3 is 0 Å². The Kier molecular flexibility index (Phi) is 6.32. The van der Waals surface area contributed by atoms with Crippen molar-refractivity contribution in [3.8, 4) is 0 Å². The van der Waals surface area contributed by atoms with Crippen molar-refractivity contribution < 1.29 is 4.79 Å². The second kappa shape index (κ2) is 9.68. The summed E-state index contributed by atoms with van der Waals surface area (Å²) in [6.45, 7) is 3.76. The Morgan fingerprint density at radius 2 is 2.09 bits per heavy atom. The highest BCUT2D eigenvalue weighted by Gasteiger charge is 2.23. The maximum atomic E-state index is 13.2. The van der Waals surface area contributed by atoms with Gasteiger partial charge in [0.2, 0.25) is 0 Å². The molecule has 1 aromatic carbocycles. The first-order valence-electron chi connectivity index (χ1n) is 11.7. The number of dihydropyridines is 2. The average molecular weight is 445 g/mol. The minimum Gasteiger partial charge on any atom is -0.387 e. The normalized spacial score (nSPS) is 21.3. The largest absolute Gasteiger partial charge is 0.387 e. The molecular formula is C26H32N6O. The summed E-state index contributed by atoms with van der Waals surface area (Å²) >= 11 is 0. The van der Waals surface area contributed by atoms with Crippen molar-refractivity contribution in [2.75, 3.05) is 38.5 Å². The molecule has 1 atom stereocenters. The monoisotopic (exact) mass is 444 g/mol. The number of fused-ring (bicyclic) bond motifs is 1. The van der Waals surface area contributed by atoms with Crippen molar-refractivity contribution in [1.29, 1.82) is 0 Å². The Morgan fingerprint density at radius 3 is 2.91 bits per heavy atom. The van der Waals surface area contributed by atoms with Gasteiger partial charge in [-0.3, -0.25) is 10.1 Å². The number of nitrogens with one attached hydrogen (secondary N) is 5. The number of rotatable bonds is 6. The molecule has 1 aromatic heterocycles. The number of H-pyrrole nitrogens is 1. The van der Waals surface area contributed by atoms with Gasteiger partial charge in [0.15, 0.2) is 0 Å². The summed E-state index contributed by atoms with van der Waals surface area (Å²) in [5, 5.41) is 14.2. The number of amides is 1. The molecule has 5 N–H and O–H groups in total. The van der Waals surface area contributed by atoms with Gasteiger partial charge in [-0.1, -0.05) is 6.08 Å². The molecule has 1 fully saturated rings. The Labute approximate surface area is 194 Å². The molecule has 0 spiro atoms. The van der Waals surface area contributed by atoms with E-state index in [1.165, 1.54) is 29.4 Å². The average Bonchev–Trinajstić information content (AvgIpc) is 3.27. The number of allylic oxidation sites excluding steroid dienone is 2. The number of hydrogen-bond donors (Lipinski definition) is 5. The Hall–Kier alpha value is -3.29. The summed E-state index contributed by atoms with van der Waals surface area (Å²) in [5.41, 5.74) is 5.16. The number of aromatic amines is 1. The second-order valence-electron chi connectivity index (χ2n) is 9.02. The van der Waals surface area contributed by atoms with Gasteiger partial charge in [-0.25, -0.2) is 0 Å². The third-order valence-corrected chi connectivity index (χ3v) is 6.75. The molecule has 1 saturated heterocycles. The maximum Gasteiger partial charge on any atom is 0.255 e. The topological polar surface area (TPSA) is 84.2 Å². The number of nitrogens with zero attached hydrogens (tertiary/aromatic N) is 1. The quantitative estimate of drug-likeness (QED) is 0.473. The first-order chi connectivity index (χ1) is 16.2. The Morgan fingerprint density at radius 1 is 1.21 bits per heavy atom. The molecule has 0 bridgehead atoms. The fourth-order valence-corrected chi connectivity index (χ4v) is 4.79. The Bertz CT molecular complexity index is 1130. The van der Waals surface area contributed by atoms with Crippen molar-refractivity contribution in [3.63, 3.8) is 0 Å². The summed E-state index contributed by atoms with van der Waals surface area (Å²) < 4.78 is 0. The molecule has 5 rings (SSSR count). The van der Waals surface area contributed by atoms with Gasteiger partial charge in [-0.15, -0.1) is 0 Å². The van der Waals surface area contributed by atoms with Crippen LogP contribution >= 0.6 is 0 Å². The summed E-state index contributed by atoms with van der Waals surface area (Å²) in [7, 11) is 2.19. The van der Waals surface area contributed by atoms with Crippen molar-refractivity contribution >= 4 is 22.5 Å². The zero-order valence-electron chi connectivity index (χ0n) is 19.0. The van der Waals surface area contributed by atoms with Gasteiger partial charge in [0.05, 0.1) is 5.57 Å². The maximum absolute atomic E-state index is 13.2. The standard InChI is InChI=1S/C26H32N6O/c1-32-13-8-19(9-14-32)23-17-29-24-5-4-20(15-22(23)24)31-26(33)21-3-2-10-28-25(21)30-16-18-6-11-27-12-7-18/h2-7,10-11,15,17,19,25,27-30H,8-9,12-14,16H2,1H3,(H,31,33). The lowest BCUT2D eigenvalue weighted by atomic mass is 9.89. The smallest absolute Gasteiger partial charge is 0.255 e. The Balaban J connectivity index is 1.29. The van der Waals surface area contributed by atoms with E-state index in [-0.39, 0.29) is 12.1 Å². The van der Waals surface area contributed by atoms with E-state index in [1.807, 2.05) is 36.7 Å². The highest BCUT2D eigenvalue weighted by Crippen LogP contribution is 2.34. The van der Waals surface area contributed by atoms with Crippen LogP contribution in [0.15, 0.2) is 72.2 Å². The second-order valence-corrected chi connectivity index (χ2v) is 9.02. The van der Waals surface area contributed by atoms with Crippen molar-refractivity contribution in [2.45, 2.75) is 24.9 Å². The number of anilines is 1. The van der Waals surface area contributed by atoms with E-state index in [4.69, 9.17) is 0 Å². The van der Waals surface area contributed by atoms with Crippen LogP contribution in [0.4, 0.5) is 5.69 Å². The molecule has 3 aliphatic rings. The first-order valence-corrected chi connectivity index (χ1v) is 11.7. The van der Waals surface area contributed by atoms with E-state index in [9.17, 15) is 4.79 Å². The third-order valence-electron chi connectivity index (χ3n) is 6.75. The predicted octanol–water partition coefficient (Wildman–Crippen LogP) is 2.92. The van der Waals surface area contributed by atoms with Crippen LogP contribution in [-0.2, 0) is 4.79 Å². The molecule has 172 valence electrons. The van der Waals surface area contributed by atoms with E-state index < -0.39 is 0 Å². The van der Waals surface area contributed by atoms with Crippen LogP contribution in [0.5, 0.6) is 0 Å². The molecule has 2 aromatic rings. The minimum atomic E-state index is -0.245. The molecule has 4 heterocycles. The van der Waals surface area contributed by atoms with Crippen LogP contribution in [0.3, 0.4) is 0 Å². The van der Waals surface area contributed by atoms with Crippen molar-refractivity contribution in [2.24, 2.45) is 0 Å². The molecule has 1 amide bonds. The first kappa shape index (κ1) is 21.6. The van der Waals surface area contributed by atoms with Gasteiger partial charge in [-0.2, -0.15) is 0 Å². The fraction of sp³-hybridized carbons (Fsp3) is 0.346.